The third-order valence-electron chi connectivity index (χ3n) is 5.97. The minimum atomic E-state index is -0.133. The predicted molar refractivity (Wildman–Crippen MR) is 81.8 cm³/mol. The fourth-order valence-corrected chi connectivity index (χ4v) is 5.15. The molecule has 0 aromatic carbocycles. The maximum Gasteiger partial charge on any atom is 0.246 e. The summed E-state index contributed by atoms with van der Waals surface area (Å²) in [6, 6.07) is 3.86. The number of hydrogen-bond donors (Lipinski definition) is 2. The molecule has 1 heterocycles. The van der Waals surface area contributed by atoms with Gasteiger partial charge >= 0.3 is 0 Å². The Morgan fingerprint density at radius 1 is 1.38 bits per heavy atom. The van der Waals surface area contributed by atoms with E-state index < -0.39 is 0 Å². The van der Waals surface area contributed by atoms with Crippen LogP contribution >= 0.6 is 0 Å². The molecule has 21 heavy (non-hydrogen) atoms. The Morgan fingerprint density at radius 3 is 3.14 bits per heavy atom. The van der Waals surface area contributed by atoms with Crippen molar-refractivity contribution < 1.29 is 4.79 Å². The lowest BCUT2D eigenvalue weighted by atomic mass is 9.67. The first-order valence-electron chi connectivity index (χ1n) is 8.22. The lowest BCUT2D eigenvalue weighted by Crippen LogP contribution is -2.42. The monoisotopic (exact) mass is 285 g/mol. The van der Waals surface area contributed by atoms with Crippen LogP contribution in [0.15, 0.2) is 23.4 Å². The molecule has 3 fully saturated rings. The number of carbonyl (C=O) groups is 1. The first-order chi connectivity index (χ1) is 10.3. The largest absolute Gasteiger partial charge is 0.360 e. The van der Waals surface area contributed by atoms with Gasteiger partial charge in [0.25, 0.3) is 0 Å². The molecule has 4 atom stereocenters. The Balaban J connectivity index is 1.48. The number of aromatic amines is 1. The van der Waals surface area contributed by atoms with Gasteiger partial charge in [-0.2, -0.15) is 5.10 Å². The molecule has 0 aliphatic heterocycles. The van der Waals surface area contributed by atoms with Crippen LogP contribution in [0, 0.1) is 23.2 Å². The summed E-state index contributed by atoms with van der Waals surface area (Å²) in [6.07, 6.45) is 12.1. The van der Waals surface area contributed by atoms with Gasteiger partial charge in [0, 0.05) is 6.20 Å². The van der Waals surface area contributed by atoms with Gasteiger partial charge in [0.05, 0.1) is 17.3 Å². The van der Waals surface area contributed by atoms with Gasteiger partial charge in [-0.3, -0.25) is 4.79 Å². The molecule has 1 amide bonds. The Hall–Kier alpha value is -1.58. The lowest BCUT2D eigenvalue weighted by molar-refractivity contribution is -0.134. The molecule has 4 heteroatoms. The number of fused-ring (bicyclic) bond motifs is 2. The Labute approximate surface area is 125 Å². The molecule has 3 aliphatic rings. The number of aromatic nitrogens is 1. The van der Waals surface area contributed by atoms with Crippen molar-refractivity contribution in [3.05, 3.63) is 24.0 Å². The lowest BCUT2D eigenvalue weighted by Gasteiger charge is -2.38. The Bertz CT molecular complexity index is 550. The van der Waals surface area contributed by atoms with Crippen molar-refractivity contribution in [2.75, 3.05) is 0 Å². The smallest absolute Gasteiger partial charge is 0.246 e. The maximum absolute atomic E-state index is 12.7. The number of hydrazone groups is 1. The number of carbonyl (C=O) groups excluding carboxylic acids is 1. The van der Waals surface area contributed by atoms with Gasteiger partial charge in [-0.1, -0.05) is 12.8 Å². The number of nitrogens with zero attached hydrogens (tertiary/aromatic N) is 1. The van der Waals surface area contributed by atoms with Crippen LogP contribution in [0.3, 0.4) is 0 Å². The van der Waals surface area contributed by atoms with Crippen molar-refractivity contribution in [2.24, 2.45) is 28.3 Å². The highest BCUT2D eigenvalue weighted by molar-refractivity contribution is 5.85. The highest BCUT2D eigenvalue weighted by Gasteiger charge is 2.52. The topological polar surface area (TPSA) is 57.2 Å². The summed E-state index contributed by atoms with van der Waals surface area (Å²) < 4.78 is 0. The summed E-state index contributed by atoms with van der Waals surface area (Å²) in [7, 11) is 0. The van der Waals surface area contributed by atoms with E-state index >= 15 is 0 Å². The van der Waals surface area contributed by atoms with Crippen molar-refractivity contribution in [1.82, 2.24) is 10.4 Å². The molecule has 3 bridgehead atoms. The molecule has 0 radical (unpaired) electrons. The van der Waals surface area contributed by atoms with Crippen LogP contribution in [0.5, 0.6) is 0 Å². The summed E-state index contributed by atoms with van der Waals surface area (Å²) in [5, 5.41) is 4.14. The molecule has 3 aliphatic carbocycles. The molecule has 0 saturated heterocycles. The fraction of sp³-hybridized carbons (Fsp3) is 0.647. The zero-order valence-electron chi connectivity index (χ0n) is 12.3. The number of nitrogens with one attached hydrogen (secondary N) is 2. The zero-order chi connectivity index (χ0) is 14.3. The van der Waals surface area contributed by atoms with Gasteiger partial charge < -0.3 is 4.98 Å². The first kappa shape index (κ1) is 13.1. The van der Waals surface area contributed by atoms with E-state index in [1.54, 1.807) is 6.21 Å². The second kappa shape index (κ2) is 5.00. The second-order valence-corrected chi connectivity index (χ2v) is 7.26. The van der Waals surface area contributed by atoms with E-state index in [4.69, 9.17) is 0 Å². The highest BCUT2D eigenvalue weighted by atomic mass is 16.2. The second-order valence-electron chi connectivity index (χ2n) is 7.26. The molecule has 1 aromatic rings. The summed E-state index contributed by atoms with van der Waals surface area (Å²) in [4.78, 5) is 15.8. The van der Waals surface area contributed by atoms with Crippen LogP contribution in [-0.4, -0.2) is 17.1 Å². The van der Waals surface area contributed by atoms with Gasteiger partial charge in [-0.15, -0.1) is 0 Å². The van der Waals surface area contributed by atoms with E-state index in [-0.39, 0.29) is 11.3 Å². The first-order valence-corrected chi connectivity index (χ1v) is 8.22. The zero-order valence-corrected chi connectivity index (χ0v) is 12.3. The Morgan fingerprint density at radius 2 is 2.29 bits per heavy atom. The molecule has 1 aromatic heterocycles. The average Bonchev–Trinajstić information content (AvgIpc) is 3.04. The van der Waals surface area contributed by atoms with Crippen LogP contribution in [0.25, 0.3) is 0 Å². The summed E-state index contributed by atoms with van der Waals surface area (Å²) >= 11 is 0. The standard InChI is InChI=1S/C17H23N3O/c21-16(20-19-11-15-4-2-6-18-15)17-5-1-3-13-7-12(9-17)8-14(13)10-17/h2,4,6,11-14,18H,1,3,5,7-10H2,(H,20,21)/b19-11-. The highest BCUT2D eigenvalue weighted by Crippen LogP contribution is 2.58. The van der Waals surface area contributed by atoms with E-state index in [2.05, 4.69) is 15.5 Å². The van der Waals surface area contributed by atoms with Crippen molar-refractivity contribution >= 4 is 12.1 Å². The molecule has 4 unspecified atom stereocenters. The average molecular weight is 285 g/mol. The molecule has 4 nitrogen and oxygen atoms in total. The van der Waals surface area contributed by atoms with Gasteiger partial charge in [0.2, 0.25) is 5.91 Å². The molecule has 3 saturated carbocycles. The number of rotatable bonds is 3. The summed E-state index contributed by atoms with van der Waals surface area (Å²) in [6.45, 7) is 0. The van der Waals surface area contributed by atoms with E-state index in [1.807, 2.05) is 18.3 Å². The van der Waals surface area contributed by atoms with Crippen LogP contribution in [-0.2, 0) is 4.79 Å². The molecular weight excluding hydrogens is 262 g/mol. The maximum atomic E-state index is 12.7. The van der Waals surface area contributed by atoms with E-state index in [0.717, 1.165) is 42.7 Å². The van der Waals surface area contributed by atoms with Crippen molar-refractivity contribution in [1.29, 1.82) is 0 Å². The molecule has 2 N–H and O–H groups in total. The van der Waals surface area contributed by atoms with E-state index in [9.17, 15) is 4.79 Å². The van der Waals surface area contributed by atoms with Gasteiger partial charge in [-0.25, -0.2) is 5.43 Å². The molecule has 4 rings (SSSR count). The fourth-order valence-electron chi connectivity index (χ4n) is 5.15. The third-order valence-corrected chi connectivity index (χ3v) is 5.97. The Kier molecular flexibility index (Phi) is 3.12. The summed E-state index contributed by atoms with van der Waals surface area (Å²) in [5.74, 6) is 2.63. The predicted octanol–water partition coefficient (Wildman–Crippen LogP) is 3.07. The van der Waals surface area contributed by atoms with Crippen LogP contribution in [0.1, 0.15) is 50.6 Å². The molecule has 112 valence electrons. The van der Waals surface area contributed by atoms with E-state index in [1.165, 1.54) is 25.7 Å². The van der Waals surface area contributed by atoms with Crippen LogP contribution in [0.2, 0.25) is 0 Å². The SMILES string of the molecule is O=C(N/N=C\c1ccc[nH]1)C12CCCC3CC(CC3C1)C2. The third kappa shape index (κ3) is 2.30. The van der Waals surface area contributed by atoms with Crippen molar-refractivity contribution in [3.8, 4) is 0 Å². The number of H-pyrrole nitrogens is 1. The van der Waals surface area contributed by atoms with Crippen LogP contribution < -0.4 is 5.43 Å². The van der Waals surface area contributed by atoms with Gasteiger partial charge in [-0.05, 0) is 62.0 Å². The van der Waals surface area contributed by atoms with Crippen molar-refractivity contribution in [3.63, 3.8) is 0 Å². The summed E-state index contributed by atoms with van der Waals surface area (Å²) in [5.41, 5.74) is 3.60. The normalized spacial score (nSPS) is 37.8. The number of amides is 1. The quantitative estimate of drug-likeness (QED) is 0.651. The van der Waals surface area contributed by atoms with Crippen molar-refractivity contribution in [2.45, 2.75) is 44.9 Å². The number of hydrogen-bond acceptors (Lipinski definition) is 2. The molecular formula is C17H23N3O. The van der Waals surface area contributed by atoms with Crippen LogP contribution in [0.4, 0.5) is 0 Å². The van der Waals surface area contributed by atoms with E-state index in [0.29, 0.717) is 0 Å². The van der Waals surface area contributed by atoms with Gasteiger partial charge in [0.1, 0.15) is 0 Å². The minimum Gasteiger partial charge on any atom is -0.360 e. The minimum absolute atomic E-state index is 0.133. The van der Waals surface area contributed by atoms with Gasteiger partial charge in [0.15, 0.2) is 0 Å². The molecule has 0 spiro atoms.